The molecule has 0 radical (unpaired) electrons. The molecule has 0 unspecified atom stereocenters. The van der Waals surface area contributed by atoms with Crippen molar-refractivity contribution in [3.63, 3.8) is 0 Å². The first-order valence-electron chi connectivity index (χ1n) is 8.10. The Morgan fingerprint density at radius 2 is 1.56 bits per heavy atom. The van der Waals surface area contributed by atoms with E-state index in [0.717, 1.165) is 11.3 Å². The molecule has 1 aromatic heterocycles. The van der Waals surface area contributed by atoms with Crippen molar-refractivity contribution >= 4 is 17.2 Å². The number of amides is 1. The summed E-state index contributed by atoms with van der Waals surface area (Å²) in [4.78, 5) is 15.0. The number of rotatable bonds is 3. The third-order valence-corrected chi connectivity index (χ3v) is 4.19. The monoisotopic (exact) mass is 331 g/mol. The molecule has 0 spiro atoms. The number of allylic oxidation sites excluding steroid dienone is 1. The Morgan fingerprint density at radius 1 is 0.880 bits per heavy atom. The third kappa shape index (κ3) is 2.72. The molecule has 0 fully saturated rings. The minimum atomic E-state index is -0.627. The van der Waals surface area contributed by atoms with Gasteiger partial charge in [-0.05, 0) is 36.8 Å². The maximum absolute atomic E-state index is 13.4. The zero-order valence-electron chi connectivity index (χ0n) is 13.8. The Balaban J connectivity index is 1.85. The van der Waals surface area contributed by atoms with Gasteiger partial charge in [0.15, 0.2) is 5.76 Å². The number of benzene rings is 2. The van der Waals surface area contributed by atoms with E-state index >= 15 is 0 Å². The summed E-state index contributed by atoms with van der Waals surface area (Å²) in [5.74, 6) is 1.07. The fourth-order valence-corrected chi connectivity index (χ4v) is 3.05. The molecule has 2 heterocycles. The summed E-state index contributed by atoms with van der Waals surface area (Å²) in [6.45, 7) is 1.82. The highest BCUT2D eigenvalue weighted by Crippen LogP contribution is 2.39. The Hall–Kier alpha value is -3.27. The molecule has 4 nitrogen and oxygen atoms in total. The zero-order chi connectivity index (χ0) is 17.2. The molecule has 0 saturated heterocycles. The molecule has 1 aliphatic rings. The van der Waals surface area contributed by atoms with E-state index in [4.69, 9.17) is 9.15 Å². The Labute approximate surface area is 146 Å². The van der Waals surface area contributed by atoms with E-state index < -0.39 is 6.23 Å². The maximum atomic E-state index is 13.4. The van der Waals surface area contributed by atoms with Crippen LogP contribution in [0.2, 0.25) is 0 Å². The number of hydrogen-bond acceptors (Lipinski definition) is 3. The van der Waals surface area contributed by atoms with Gasteiger partial charge >= 0.3 is 0 Å². The van der Waals surface area contributed by atoms with Gasteiger partial charge in [0.2, 0.25) is 6.23 Å². The number of para-hydroxylation sites is 1. The molecule has 124 valence electrons. The second-order valence-electron chi connectivity index (χ2n) is 5.79. The smallest absolute Gasteiger partial charge is 0.265 e. The average molecular weight is 331 g/mol. The predicted octanol–water partition coefficient (Wildman–Crippen LogP) is 4.77. The van der Waals surface area contributed by atoms with Crippen LogP contribution < -0.4 is 4.90 Å². The Bertz CT molecular complexity index is 899. The van der Waals surface area contributed by atoms with E-state index in [9.17, 15) is 4.79 Å². The van der Waals surface area contributed by atoms with Crippen LogP contribution in [0.15, 0.2) is 89.2 Å². The molecule has 25 heavy (non-hydrogen) atoms. The highest BCUT2D eigenvalue weighted by Gasteiger charge is 2.38. The van der Waals surface area contributed by atoms with Gasteiger partial charge in [-0.1, -0.05) is 48.5 Å². The lowest BCUT2D eigenvalue weighted by molar-refractivity contribution is -0.117. The summed E-state index contributed by atoms with van der Waals surface area (Å²) in [5.41, 5.74) is 2.16. The number of furan rings is 1. The molecule has 2 aromatic carbocycles. The summed E-state index contributed by atoms with van der Waals surface area (Å²) >= 11 is 0. The van der Waals surface area contributed by atoms with Crippen LogP contribution in [0.25, 0.3) is 5.57 Å². The first kappa shape index (κ1) is 15.3. The molecule has 1 amide bonds. The summed E-state index contributed by atoms with van der Waals surface area (Å²) in [5, 5.41) is 0. The normalized spacial score (nSPS) is 17.6. The molecule has 0 N–H and O–H groups in total. The van der Waals surface area contributed by atoms with Gasteiger partial charge in [-0.3, -0.25) is 9.69 Å². The highest BCUT2D eigenvalue weighted by atomic mass is 16.5. The summed E-state index contributed by atoms with van der Waals surface area (Å²) in [7, 11) is 0. The number of hydrogen-bond donors (Lipinski definition) is 0. The Morgan fingerprint density at radius 3 is 2.20 bits per heavy atom. The van der Waals surface area contributed by atoms with Crippen molar-refractivity contribution < 1.29 is 13.9 Å². The molecule has 4 heteroatoms. The minimum Gasteiger partial charge on any atom is -0.466 e. The average Bonchev–Trinajstić information content (AvgIpc) is 3.17. The van der Waals surface area contributed by atoms with Gasteiger partial charge < -0.3 is 9.15 Å². The van der Waals surface area contributed by atoms with Crippen LogP contribution in [-0.2, 0) is 9.53 Å². The van der Waals surface area contributed by atoms with Gasteiger partial charge in [-0.25, -0.2) is 0 Å². The van der Waals surface area contributed by atoms with Gasteiger partial charge in [0.05, 0.1) is 11.8 Å². The molecule has 0 aliphatic carbocycles. The molecule has 1 aliphatic heterocycles. The third-order valence-electron chi connectivity index (χ3n) is 4.19. The van der Waals surface area contributed by atoms with Crippen molar-refractivity contribution in [3.8, 4) is 0 Å². The van der Waals surface area contributed by atoms with E-state index in [-0.39, 0.29) is 5.91 Å². The van der Waals surface area contributed by atoms with Crippen molar-refractivity contribution in [2.75, 3.05) is 4.90 Å². The van der Waals surface area contributed by atoms with Crippen molar-refractivity contribution in [3.05, 3.63) is 96.1 Å². The number of carbonyl (C=O) groups is 1. The second-order valence-corrected chi connectivity index (χ2v) is 5.79. The number of ether oxygens (including phenoxy) is 1. The van der Waals surface area contributed by atoms with Crippen molar-refractivity contribution in [2.24, 2.45) is 0 Å². The van der Waals surface area contributed by atoms with Crippen LogP contribution >= 0.6 is 0 Å². The van der Waals surface area contributed by atoms with E-state index in [1.54, 1.807) is 17.2 Å². The van der Waals surface area contributed by atoms with Crippen LogP contribution in [-0.4, -0.2) is 5.91 Å². The number of nitrogens with zero attached hydrogens (tertiary/aromatic N) is 1. The maximum Gasteiger partial charge on any atom is 0.265 e. The lowest BCUT2D eigenvalue weighted by atomic mass is 10.0. The van der Waals surface area contributed by atoms with Crippen molar-refractivity contribution in [1.29, 1.82) is 0 Å². The van der Waals surface area contributed by atoms with Gasteiger partial charge in [0, 0.05) is 5.69 Å². The van der Waals surface area contributed by atoms with Gasteiger partial charge in [0.25, 0.3) is 5.91 Å². The lowest BCUT2D eigenvalue weighted by Crippen LogP contribution is -2.40. The van der Waals surface area contributed by atoms with E-state index in [0.29, 0.717) is 17.1 Å². The summed E-state index contributed by atoms with van der Waals surface area (Å²) < 4.78 is 11.6. The Kier molecular flexibility index (Phi) is 3.86. The van der Waals surface area contributed by atoms with Crippen LogP contribution in [0.5, 0.6) is 0 Å². The second kappa shape index (κ2) is 6.32. The van der Waals surface area contributed by atoms with E-state index in [2.05, 4.69) is 0 Å². The predicted molar refractivity (Wildman–Crippen MR) is 95.5 cm³/mol. The standard InChI is InChI=1S/C21H17NO3/c1-15-19(16-9-4-2-5-10-16)20(23)22(17-11-6-3-7-12-17)21(25-15)18-13-8-14-24-18/h2-14,21H,1H3/t21-/m0/s1. The summed E-state index contributed by atoms with van der Waals surface area (Å²) in [6.07, 6.45) is 0.954. The number of anilines is 1. The minimum absolute atomic E-state index is 0.109. The van der Waals surface area contributed by atoms with Crippen molar-refractivity contribution in [2.45, 2.75) is 13.2 Å². The fraction of sp³-hybridized carbons (Fsp3) is 0.0952. The zero-order valence-corrected chi connectivity index (χ0v) is 13.8. The fourth-order valence-electron chi connectivity index (χ4n) is 3.05. The molecular weight excluding hydrogens is 314 g/mol. The highest BCUT2D eigenvalue weighted by molar-refractivity contribution is 6.27. The molecule has 1 atom stereocenters. The van der Waals surface area contributed by atoms with Crippen LogP contribution in [0.4, 0.5) is 5.69 Å². The molecular formula is C21H17NO3. The van der Waals surface area contributed by atoms with Crippen LogP contribution in [0.1, 0.15) is 24.5 Å². The topological polar surface area (TPSA) is 42.7 Å². The van der Waals surface area contributed by atoms with Crippen LogP contribution in [0, 0.1) is 0 Å². The van der Waals surface area contributed by atoms with E-state index in [1.165, 1.54) is 0 Å². The lowest BCUT2D eigenvalue weighted by Gasteiger charge is -2.36. The van der Waals surface area contributed by atoms with Gasteiger partial charge in [-0.15, -0.1) is 0 Å². The van der Waals surface area contributed by atoms with E-state index in [1.807, 2.05) is 73.7 Å². The van der Waals surface area contributed by atoms with Gasteiger partial charge in [-0.2, -0.15) is 0 Å². The molecule has 0 bridgehead atoms. The first-order valence-corrected chi connectivity index (χ1v) is 8.10. The number of carbonyl (C=O) groups excluding carboxylic acids is 1. The largest absolute Gasteiger partial charge is 0.466 e. The molecule has 0 saturated carbocycles. The molecule has 4 rings (SSSR count). The molecule has 3 aromatic rings. The summed E-state index contributed by atoms with van der Waals surface area (Å²) in [6, 6.07) is 22.7. The first-order chi connectivity index (χ1) is 12.3. The van der Waals surface area contributed by atoms with Crippen LogP contribution in [0.3, 0.4) is 0 Å². The quantitative estimate of drug-likeness (QED) is 0.694. The SMILES string of the molecule is CC1=C(c2ccccc2)C(=O)N(c2ccccc2)[C@H](c2ccco2)O1. The van der Waals surface area contributed by atoms with Crippen molar-refractivity contribution in [1.82, 2.24) is 0 Å². The van der Waals surface area contributed by atoms with Gasteiger partial charge in [0.1, 0.15) is 5.76 Å².